The number of ether oxygens (including phenoxy) is 1. The number of amides is 2. The molecule has 0 fully saturated rings. The second kappa shape index (κ2) is 8.97. The average molecular weight is 406 g/mol. The van der Waals surface area contributed by atoms with E-state index in [0.717, 1.165) is 11.4 Å². The summed E-state index contributed by atoms with van der Waals surface area (Å²) in [6.45, 7) is 9.37. The van der Waals surface area contributed by atoms with Crippen molar-refractivity contribution in [1.29, 1.82) is 0 Å². The lowest BCUT2D eigenvalue weighted by Gasteiger charge is -2.19. The molecule has 2 N–H and O–H groups in total. The molecule has 2 amide bonds. The van der Waals surface area contributed by atoms with E-state index in [1.54, 1.807) is 32.9 Å². The summed E-state index contributed by atoms with van der Waals surface area (Å²) in [5.74, 6) is 0.100. The molecule has 2 heterocycles. The summed E-state index contributed by atoms with van der Waals surface area (Å²) in [6, 6.07) is 4.98. The molecule has 0 saturated carbocycles. The monoisotopic (exact) mass is 405 g/mol. The Morgan fingerprint density at radius 1 is 1.00 bits per heavy atom. The van der Waals surface area contributed by atoms with Crippen molar-refractivity contribution in [3.63, 3.8) is 0 Å². The molecule has 0 aromatic carbocycles. The highest BCUT2D eigenvalue weighted by molar-refractivity contribution is 6.29. The zero-order valence-corrected chi connectivity index (χ0v) is 17.3. The van der Waals surface area contributed by atoms with Gasteiger partial charge in [-0.05, 0) is 58.4 Å². The minimum absolute atomic E-state index is 0.137. The zero-order valence-electron chi connectivity index (χ0n) is 16.6. The van der Waals surface area contributed by atoms with Crippen molar-refractivity contribution in [3.05, 3.63) is 51.8 Å². The molecule has 28 heavy (non-hydrogen) atoms. The normalized spacial score (nSPS) is 11.1. The maximum Gasteiger partial charge on any atom is 0.407 e. The van der Waals surface area contributed by atoms with Gasteiger partial charge in [-0.15, -0.1) is 0 Å². The molecular formula is C19H24ClN5O3. The van der Waals surface area contributed by atoms with Crippen LogP contribution in [0.2, 0.25) is 5.15 Å². The molecule has 0 bridgehead atoms. The molecule has 150 valence electrons. The van der Waals surface area contributed by atoms with E-state index in [2.05, 4.69) is 25.6 Å². The standard InChI is InChI=1S/C19H24ClN5O3/c1-11-6-12(2)24-16(23-11)10-21-17(26)14-7-13(8-15(20)25-14)9-22-18(27)28-19(3,4)5/h6-8H,9-10H2,1-5H3,(H,21,26)(H,22,27). The van der Waals surface area contributed by atoms with Crippen LogP contribution in [0, 0.1) is 13.8 Å². The lowest BCUT2D eigenvalue weighted by atomic mass is 10.2. The van der Waals surface area contributed by atoms with E-state index in [1.807, 2.05) is 19.9 Å². The average Bonchev–Trinajstić information content (AvgIpc) is 2.55. The maximum atomic E-state index is 12.4. The summed E-state index contributed by atoms with van der Waals surface area (Å²) in [7, 11) is 0. The Morgan fingerprint density at radius 2 is 1.64 bits per heavy atom. The minimum atomic E-state index is -0.596. The van der Waals surface area contributed by atoms with E-state index in [9.17, 15) is 9.59 Å². The molecule has 0 aliphatic carbocycles. The van der Waals surface area contributed by atoms with E-state index in [-0.39, 0.29) is 23.9 Å². The largest absolute Gasteiger partial charge is 0.444 e. The topological polar surface area (TPSA) is 106 Å². The molecule has 2 rings (SSSR count). The predicted octanol–water partition coefficient (Wildman–Crippen LogP) is 3.10. The molecular weight excluding hydrogens is 382 g/mol. The zero-order chi connectivity index (χ0) is 20.9. The SMILES string of the molecule is Cc1cc(C)nc(CNC(=O)c2cc(CNC(=O)OC(C)(C)C)cc(Cl)n2)n1. The van der Waals surface area contributed by atoms with Crippen LogP contribution in [-0.4, -0.2) is 32.6 Å². The van der Waals surface area contributed by atoms with Crippen LogP contribution in [0.5, 0.6) is 0 Å². The van der Waals surface area contributed by atoms with Gasteiger partial charge < -0.3 is 15.4 Å². The summed E-state index contributed by atoms with van der Waals surface area (Å²) in [6.07, 6.45) is -0.557. The second-order valence-corrected chi connectivity index (χ2v) is 7.68. The third-order valence-electron chi connectivity index (χ3n) is 3.36. The van der Waals surface area contributed by atoms with Gasteiger partial charge in [0.15, 0.2) is 0 Å². The number of pyridine rings is 1. The van der Waals surface area contributed by atoms with E-state index in [4.69, 9.17) is 16.3 Å². The van der Waals surface area contributed by atoms with Crippen molar-refractivity contribution >= 4 is 23.6 Å². The number of alkyl carbamates (subject to hydrolysis) is 1. The number of nitrogens with zero attached hydrogens (tertiary/aromatic N) is 3. The summed E-state index contributed by atoms with van der Waals surface area (Å²) in [5, 5.41) is 5.49. The van der Waals surface area contributed by atoms with Crippen LogP contribution in [0.25, 0.3) is 0 Å². The molecule has 0 atom stereocenters. The van der Waals surface area contributed by atoms with E-state index in [0.29, 0.717) is 11.4 Å². The van der Waals surface area contributed by atoms with Crippen molar-refractivity contribution in [1.82, 2.24) is 25.6 Å². The molecule has 0 aliphatic heterocycles. The van der Waals surface area contributed by atoms with Gasteiger partial charge in [-0.3, -0.25) is 4.79 Å². The number of aryl methyl sites for hydroxylation is 2. The Kier molecular flexibility index (Phi) is 6.90. The van der Waals surface area contributed by atoms with Crippen molar-refractivity contribution in [2.75, 3.05) is 0 Å². The van der Waals surface area contributed by atoms with Crippen molar-refractivity contribution < 1.29 is 14.3 Å². The Morgan fingerprint density at radius 3 is 2.25 bits per heavy atom. The lowest BCUT2D eigenvalue weighted by Crippen LogP contribution is -2.32. The van der Waals surface area contributed by atoms with Crippen LogP contribution >= 0.6 is 11.6 Å². The van der Waals surface area contributed by atoms with Gasteiger partial charge in [0, 0.05) is 17.9 Å². The Hall–Kier alpha value is -2.74. The fraction of sp³-hybridized carbons (Fsp3) is 0.421. The van der Waals surface area contributed by atoms with Crippen LogP contribution < -0.4 is 10.6 Å². The van der Waals surface area contributed by atoms with Crippen molar-refractivity contribution in [2.45, 2.75) is 53.3 Å². The summed E-state index contributed by atoms with van der Waals surface area (Å²) >= 11 is 6.01. The number of carbonyl (C=O) groups excluding carboxylic acids is 2. The van der Waals surface area contributed by atoms with Gasteiger partial charge in [-0.2, -0.15) is 0 Å². The molecule has 0 spiro atoms. The Bertz CT molecular complexity index is 860. The highest BCUT2D eigenvalue weighted by atomic mass is 35.5. The first-order chi connectivity index (χ1) is 13.0. The molecule has 9 heteroatoms. The Balaban J connectivity index is 2.01. The quantitative estimate of drug-likeness (QED) is 0.740. The number of rotatable bonds is 5. The van der Waals surface area contributed by atoms with Gasteiger partial charge in [-0.25, -0.2) is 19.7 Å². The van der Waals surface area contributed by atoms with Crippen molar-refractivity contribution in [3.8, 4) is 0 Å². The molecule has 0 saturated heterocycles. The first-order valence-electron chi connectivity index (χ1n) is 8.74. The van der Waals surface area contributed by atoms with Gasteiger partial charge >= 0.3 is 6.09 Å². The van der Waals surface area contributed by atoms with Gasteiger partial charge in [0.25, 0.3) is 5.91 Å². The summed E-state index contributed by atoms with van der Waals surface area (Å²) in [4.78, 5) is 36.8. The van der Waals surface area contributed by atoms with Gasteiger partial charge in [-0.1, -0.05) is 11.6 Å². The predicted molar refractivity (Wildman–Crippen MR) is 105 cm³/mol. The highest BCUT2D eigenvalue weighted by Gasteiger charge is 2.16. The molecule has 2 aromatic heterocycles. The maximum absolute atomic E-state index is 12.4. The molecule has 8 nitrogen and oxygen atoms in total. The van der Waals surface area contributed by atoms with Crippen LogP contribution in [0.3, 0.4) is 0 Å². The minimum Gasteiger partial charge on any atom is -0.444 e. The number of carbonyl (C=O) groups is 2. The highest BCUT2D eigenvalue weighted by Crippen LogP contribution is 2.12. The molecule has 0 unspecified atom stereocenters. The lowest BCUT2D eigenvalue weighted by molar-refractivity contribution is 0.0523. The molecule has 0 radical (unpaired) electrons. The van der Waals surface area contributed by atoms with Crippen LogP contribution in [0.1, 0.15) is 54.0 Å². The van der Waals surface area contributed by atoms with Crippen molar-refractivity contribution in [2.24, 2.45) is 0 Å². The Labute approximate surface area is 169 Å². The number of halogens is 1. The first-order valence-corrected chi connectivity index (χ1v) is 9.12. The van der Waals surface area contributed by atoms with Crippen LogP contribution in [-0.2, 0) is 17.8 Å². The number of aromatic nitrogens is 3. The fourth-order valence-electron chi connectivity index (χ4n) is 2.38. The van der Waals surface area contributed by atoms with E-state index >= 15 is 0 Å². The molecule has 2 aromatic rings. The van der Waals surface area contributed by atoms with E-state index < -0.39 is 17.6 Å². The van der Waals surface area contributed by atoms with E-state index in [1.165, 1.54) is 0 Å². The van der Waals surface area contributed by atoms with Crippen LogP contribution in [0.4, 0.5) is 4.79 Å². The number of hydrogen-bond acceptors (Lipinski definition) is 6. The third-order valence-corrected chi connectivity index (χ3v) is 3.55. The van der Waals surface area contributed by atoms with Crippen LogP contribution in [0.15, 0.2) is 18.2 Å². The first kappa shape index (κ1) is 21.6. The summed E-state index contributed by atoms with van der Waals surface area (Å²) < 4.78 is 5.18. The van der Waals surface area contributed by atoms with Gasteiger partial charge in [0.1, 0.15) is 22.3 Å². The summed E-state index contributed by atoms with van der Waals surface area (Å²) in [5.41, 5.74) is 1.82. The molecule has 0 aliphatic rings. The second-order valence-electron chi connectivity index (χ2n) is 7.29. The van der Waals surface area contributed by atoms with Gasteiger partial charge in [0.05, 0.1) is 6.54 Å². The number of nitrogens with one attached hydrogen (secondary N) is 2. The van der Waals surface area contributed by atoms with Gasteiger partial charge in [0.2, 0.25) is 0 Å². The third kappa shape index (κ3) is 7.11. The fourth-order valence-corrected chi connectivity index (χ4v) is 2.62. The smallest absolute Gasteiger partial charge is 0.407 e. The number of hydrogen-bond donors (Lipinski definition) is 2.